The van der Waals surface area contributed by atoms with E-state index in [4.69, 9.17) is 4.42 Å². The number of nitrogens with zero attached hydrogens (tertiary/aromatic N) is 2. The van der Waals surface area contributed by atoms with Crippen molar-refractivity contribution >= 4 is 5.69 Å². The second kappa shape index (κ2) is 5.29. The number of rotatable bonds is 4. The van der Waals surface area contributed by atoms with Crippen LogP contribution >= 0.6 is 0 Å². The fraction of sp³-hybridized carbons (Fsp3) is 0.438. The second-order valence-corrected chi connectivity index (χ2v) is 5.49. The minimum Gasteiger partial charge on any atom is -0.444 e. The topological polar surface area (TPSA) is 41.3 Å². The molecule has 4 nitrogen and oxygen atoms in total. The van der Waals surface area contributed by atoms with E-state index in [1.165, 1.54) is 16.8 Å². The Labute approximate surface area is 119 Å². The standard InChI is InChI=1S/C16H21N3O/c1-11-12(2)20-16(18-11)10-17-9-13-4-5-15-14(8-13)6-7-19(15)3/h4-5,8,17H,6-7,9-10H2,1-3H3. The molecule has 0 unspecified atom stereocenters. The van der Waals surface area contributed by atoms with E-state index in [0.717, 1.165) is 36.9 Å². The van der Waals surface area contributed by atoms with Gasteiger partial charge in [0.25, 0.3) is 0 Å². The van der Waals surface area contributed by atoms with Crippen molar-refractivity contribution in [3.8, 4) is 0 Å². The first-order chi connectivity index (χ1) is 9.63. The molecule has 0 spiro atoms. The van der Waals surface area contributed by atoms with Gasteiger partial charge in [-0.05, 0) is 37.5 Å². The summed E-state index contributed by atoms with van der Waals surface area (Å²) in [5.41, 5.74) is 5.11. The average Bonchev–Trinajstić information content (AvgIpc) is 2.94. The summed E-state index contributed by atoms with van der Waals surface area (Å²) in [5.74, 6) is 1.67. The third kappa shape index (κ3) is 2.56. The third-order valence-corrected chi connectivity index (χ3v) is 3.95. The zero-order valence-corrected chi connectivity index (χ0v) is 12.4. The van der Waals surface area contributed by atoms with Crippen LogP contribution in [0.3, 0.4) is 0 Å². The number of fused-ring (bicyclic) bond motifs is 1. The smallest absolute Gasteiger partial charge is 0.208 e. The molecule has 0 atom stereocenters. The van der Waals surface area contributed by atoms with Crippen molar-refractivity contribution in [3.05, 3.63) is 46.7 Å². The molecule has 1 N–H and O–H groups in total. The van der Waals surface area contributed by atoms with Crippen LogP contribution in [0.1, 0.15) is 28.5 Å². The van der Waals surface area contributed by atoms with Crippen LogP contribution in [0.25, 0.3) is 0 Å². The van der Waals surface area contributed by atoms with Crippen molar-refractivity contribution in [2.75, 3.05) is 18.5 Å². The van der Waals surface area contributed by atoms with E-state index in [9.17, 15) is 0 Å². The molecule has 1 aliphatic heterocycles. The predicted molar refractivity (Wildman–Crippen MR) is 79.9 cm³/mol. The SMILES string of the molecule is Cc1nc(CNCc2ccc3c(c2)CCN3C)oc1C. The van der Waals surface area contributed by atoms with Gasteiger partial charge in [-0.15, -0.1) is 0 Å². The van der Waals surface area contributed by atoms with Gasteiger partial charge >= 0.3 is 0 Å². The predicted octanol–water partition coefficient (Wildman–Crippen LogP) is 2.57. The summed E-state index contributed by atoms with van der Waals surface area (Å²) in [6, 6.07) is 6.72. The Morgan fingerprint density at radius 1 is 1.30 bits per heavy atom. The molecule has 0 saturated heterocycles. The molecule has 2 aromatic rings. The van der Waals surface area contributed by atoms with E-state index in [0.29, 0.717) is 6.54 Å². The Balaban J connectivity index is 1.59. The van der Waals surface area contributed by atoms with Gasteiger partial charge in [-0.25, -0.2) is 4.98 Å². The van der Waals surface area contributed by atoms with Crippen molar-refractivity contribution in [3.63, 3.8) is 0 Å². The number of nitrogens with one attached hydrogen (secondary N) is 1. The van der Waals surface area contributed by atoms with Crippen LogP contribution < -0.4 is 10.2 Å². The van der Waals surface area contributed by atoms with Crippen molar-refractivity contribution in [2.45, 2.75) is 33.4 Å². The molecule has 2 heterocycles. The Morgan fingerprint density at radius 3 is 2.90 bits per heavy atom. The van der Waals surface area contributed by atoms with Gasteiger partial charge in [-0.2, -0.15) is 0 Å². The van der Waals surface area contributed by atoms with Gasteiger partial charge in [0.05, 0.1) is 12.2 Å². The van der Waals surface area contributed by atoms with Gasteiger partial charge in [0.1, 0.15) is 5.76 Å². The summed E-state index contributed by atoms with van der Waals surface area (Å²) < 4.78 is 5.56. The zero-order valence-electron chi connectivity index (χ0n) is 12.4. The highest BCUT2D eigenvalue weighted by molar-refractivity contribution is 5.58. The summed E-state index contributed by atoms with van der Waals surface area (Å²) >= 11 is 0. The Hall–Kier alpha value is -1.81. The quantitative estimate of drug-likeness (QED) is 0.928. The first-order valence-electron chi connectivity index (χ1n) is 7.10. The average molecular weight is 271 g/mol. The molecule has 0 amide bonds. The van der Waals surface area contributed by atoms with E-state index in [1.54, 1.807) is 0 Å². The van der Waals surface area contributed by atoms with Crippen LogP contribution in [0.15, 0.2) is 22.6 Å². The number of benzene rings is 1. The number of oxazole rings is 1. The maximum Gasteiger partial charge on any atom is 0.208 e. The molecule has 20 heavy (non-hydrogen) atoms. The van der Waals surface area contributed by atoms with Gasteiger partial charge in [0.2, 0.25) is 5.89 Å². The lowest BCUT2D eigenvalue weighted by Crippen LogP contribution is -2.13. The van der Waals surface area contributed by atoms with Gasteiger partial charge in [-0.3, -0.25) is 0 Å². The van der Waals surface area contributed by atoms with Crippen molar-refractivity contribution in [1.29, 1.82) is 0 Å². The first kappa shape index (κ1) is 13.2. The number of anilines is 1. The van der Waals surface area contributed by atoms with E-state index >= 15 is 0 Å². The van der Waals surface area contributed by atoms with E-state index in [1.807, 2.05) is 13.8 Å². The monoisotopic (exact) mass is 271 g/mol. The minimum absolute atomic E-state index is 0.672. The largest absolute Gasteiger partial charge is 0.444 e. The molecule has 0 radical (unpaired) electrons. The van der Waals surface area contributed by atoms with Gasteiger partial charge in [0.15, 0.2) is 0 Å². The summed E-state index contributed by atoms with van der Waals surface area (Å²) in [5, 5.41) is 3.39. The fourth-order valence-electron chi connectivity index (χ4n) is 2.66. The third-order valence-electron chi connectivity index (χ3n) is 3.95. The van der Waals surface area contributed by atoms with E-state index in [-0.39, 0.29) is 0 Å². The van der Waals surface area contributed by atoms with Crippen molar-refractivity contribution in [2.24, 2.45) is 0 Å². The van der Waals surface area contributed by atoms with Gasteiger partial charge in [-0.1, -0.05) is 12.1 Å². The molecule has 4 heteroatoms. The summed E-state index contributed by atoms with van der Waals surface area (Å²) in [4.78, 5) is 6.68. The molecule has 1 aromatic carbocycles. The molecule has 0 saturated carbocycles. The highest BCUT2D eigenvalue weighted by Crippen LogP contribution is 2.27. The fourth-order valence-corrected chi connectivity index (χ4v) is 2.66. The summed E-state index contributed by atoms with van der Waals surface area (Å²) in [6.45, 7) is 6.56. The molecular weight excluding hydrogens is 250 g/mol. The number of aryl methyl sites for hydroxylation is 2. The minimum atomic E-state index is 0.672. The van der Waals surface area contributed by atoms with Gasteiger partial charge < -0.3 is 14.6 Å². The molecule has 3 rings (SSSR count). The number of hydrogen-bond donors (Lipinski definition) is 1. The van der Waals surface area contributed by atoms with Gasteiger partial charge in [0, 0.05) is 25.8 Å². The number of hydrogen-bond acceptors (Lipinski definition) is 4. The maximum atomic E-state index is 5.56. The van der Waals surface area contributed by atoms with Crippen molar-refractivity contribution < 1.29 is 4.42 Å². The van der Waals surface area contributed by atoms with Crippen LogP contribution in [0, 0.1) is 13.8 Å². The molecule has 1 aromatic heterocycles. The lowest BCUT2D eigenvalue weighted by atomic mass is 10.1. The van der Waals surface area contributed by atoms with Crippen molar-refractivity contribution in [1.82, 2.24) is 10.3 Å². The maximum absolute atomic E-state index is 5.56. The molecule has 0 bridgehead atoms. The highest BCUT2D eigenvalue weighted by Gasteiger charge is 2.15. The number of aromatic nitrogens is 1. The number of likely N-dealkylation sites (N-methyl/N-ethyl adjacent to an activating group) is 1. The van der Waals surface area contributed by atoms with E-state index < -0.39 is 0 Å². The van der Waals surface area contributed by atoms with Crippen LogP contribution in [-0.2, 0) is 19.5 Å². The highest BCUT2D eigenvalue weighted by atomic mass is 16.4. The Bertz CT molecular complexity index is 599. The Kier molecular flexibility index (Phi) is 3.49. The zero-order chi connectivity index (χ0) is 14.1. The molecule has 0 aliphatic carbocycles. The summed E-state index contributed by atoms with van der Waals surface area (Å²) in [6.07, 6.45) is 1.15. The first-order valence-corrected chi connectivity index (χ1v) is 7.10. The van der Waals surface area contributed by atoms with E-state index in [2.05, 4.69) is 40.4 Å². The lowest BCUT2D eigenvalue weighted by molar-refractivity contribution is 0.448. The van der Waals surface area contributed by atoms with Crippen LogP contribution in [-0.4, -0.2) is 18.6 Å². The molecule has 1 aliphatic rings. The Morgan fingerprint density at radius 2 is 2.15 bits per heavy atom. The molecule has 0 fully saturated rings. The van der Waals surface area contributed by atoms with Crippen LogP contribution in [0.2, 0.25) is 0 Å². The molecule has 106 valence electrons. The molecular formula is C16H21N3O. The summed E-state index contributed by atoms with van der Waals surface area (Å²) in [7, 11) is 2.15. The second-order valence-electron chi connectivity index (χ2n) is 5.49. The van der Waals surface area contributed by atoms with Crippen LogP contribution in [0.4, 0.5) is 5.69 Å². The van der Waals surface area contributed by atoms with Crippen LogP contribution in [0.5, 0.6) is 0 Å². The normalized spacial score (nSPS) is 13.8. The lowest BCUT2D eigenvalue weighted by Gasteiger charge is -2.12.